The molecule has 4 heteroatoms. The highest BCUT2D eigenvalue weighted by Gasteiger charge is 2.15. The second-order valence-electron chi connectivity index (χ2n) is 5.74. The van der Waals surface area contributed by atoms with Crippen LogP contribution in [0, 0.1) is 0 Å². The summed E-state index contributed by atoms with van der Waals surface area (Å²) in [6, 6.07) is 0. The second-order valence-corrected chi connectivity index (χ2v) is 5.74. The lowest BCUT2D eigenvalue weighted by Crippen LogP contribution is -2.23. The van der Waals surface area contributed by atoms with Crippen molar-refractivity contribution in [3.63, 3.8) is 0 Å². The van der Waals surface area contributed by atoms with Crippen molar-refractivity contribution < 1.29 is 19.4 Å². The highest BCUT2D eigenvalue weighted by molar-refractivity contribution is 5.77. The first-order valence-electron chi connectivity index (χ1n) is 8.65. The number of unbranched alkanes of at least 4 members (excludes halogenated alkanes) is 8. The monoisotopic (exact) mass is 312 g/mol. The van der Waals surface area contributed by atoms with Crippen LogP contribution >= 0.6 is 0 Å². The Balaban J connectivity index is 3.33. The zero-order chi connectivity index (χ0) is 16.6. The maximum Gasteiger partial charge on any atom is 0.344 e. The van der Waals surface area contributed by atoms with Crippen molar-refractivity contribution in [3.05, 3.63) is 12.2 Å². The molecule has 0 aromatic rings. The van der Waals surface area contributed by atoms with E-state index in [2.05, 4.69) is 19.1 Å². The van der Waals surface area contributed by atoms with Crippen LogP contribution in [-0.2, 0) is 14.3 Å². The number of carboxylic acid groups (broad SMARTS) is 1. The molecule has 0 aliphatic carbocycles. The van der Waals surface area contributed by atoms with Crippen molar-refractivity contribution in [3.8, 4) is 0 Å². The van der Waals surface area contributed by atoms with Gasteiger partial charge in [-0.2, -0.15) is 0 Å². The molecular formula is C18H32O4. The van der Waals surface area contributed by atoms with E-state index in [0.717, 1.165) is 25.7 Å². The van der Waals surface area contributed by atoms with Crippen molar-refractivity contribution in [2.24, 2.45) is 0 Å². The Bertz CT molecular complexity index is 323. The standard InChI is InChI=1S/C18H32O4/c1-3-4-5-6-7-8-9-10-11-12-13-14-15-17(19)22-16(2)18(20)21/h7-8,16H,3-6,9-15H2,1-2H3,(H,20,21)/b8-7-. The molecule has 0 fully saturated rings. The lowest BCUT2D eigenvalue weighted by Gasteiger charge is -2.08. The van der Waals surface area contributed by atoms with Gasteiger partial charge in [0.1, 0.15) is 0 Å². The summed E-state index contributed by atoms with van der Waals surface area (Å²) >= 11 is 0. The van der Waals surface area contributed by atoms with E-state index < -0.39 is 18.0 Å². The van der Waals surface area contributed by atoms with E-state index in [1.807, 2.05) is 0 Å². The van der Waals surface area contributed by atoms with Gasteiger partial charge >= 0.3 is 11.9 Å². The van der Waals surface area contributed by atoms with Crippen LogP contribution in [0.5, 0.6) is 0 Å². The summed E-state index contributed by atoms with van der Waals surface area (Å²) in [5, 5.41) is 8.62. The van der Waals surface area contributed by atoms with Crippen LogP contribution in [0.15, 0.2) is 12.2 Å². The van der Waals surface area contributed by atoms with Crippen LogP contribution in [0.1, 0.15) is 84.5 Å². The Morgan fingerprint density at radius 3 is 2.09 bits per heavy atom. The smallest absolute Gasteiger partial charge is 0.344 e. The van der Waals surface area contributed by atoms with Crippen LogP contribution in [0.2, 0.25) is 0 Å². The fourth-order valence-electron chi connectivity index (χ4n) is 2.12. The molecule has 0 spiro atoms. The zero-order valence-electron chi connectivity index (χ0n) is 14.2. The SMILES string of the molecule is CCCCC/C=C\CCCCCCCC(=O)OC(C)C(=O)O. The third-order valence-electron chi connectivity index (χ3n) is 3.55. The van der Waals surface area contributed by atoms with Gasteiger partial charge in [0, 0.05) is 6.42 Å². The second kappa shape index (κ2) is 14.6. The minimum Gasteiger partial charge on any atom is -0.479 e. The van der Waals surface area contributed by atoms with Gasteiger partial charge in [0.2, 0.25) is 0 Å². The third-order valence-corrected chi connectivity index (χ3v) is 3.55. The molecule has 0 saturated carbocycles. The summed E-state index contributed by atoms with van der Waals surface area (Å²) in [4.78, 5) is 21.9. The highest BCUT2D eigenvalue weighted by atomic mass is 16.6. The molecule has 0 heterocycles. The normalized spacial score (nSPS) is 12.5. The van der Waals surface area contributed by atoms with Crippen molar-refractivity contribution in [1.82, 2.24) is 0 Å². The zero-order valence-corrected chi connectivity index (χ0v) is 14.2. The first kappa shape index (κ1) is 20.7. The largest absolute Gasteiger partial charge is 0.479 e. The van der Waals surface area contributed by atoms with Crippen LogP contribution in [-0.4, -0.2) is 23.1 Å². The predicted octanol–water partition coefficient (Wildman–Crippen LogP) is 4.87. The maximum atomic E-state index is 11.3. The predicted molar refractivity (Wildman–Crippen MR) is 88.8 cm³/mol. The molecule has 0 radical (unpaired) electrons. The summed E-state index contributed by atoms with van der Waals surface area (Å²) < 4.78 is 4.76. The van der Waals surface area contributed by atoms with E-state index in [-0.39, 0.29) is 0 Å². The number of esters is 1. The van der Waals surface area contributed by atoms with Crippen molar-refractivity contribution >= 4 is 11.9 Å². The molecule has 0 rings (SSSR count). The van der Waals surface area contributed by atoms with E-state index in [1.54, 1.807) is 0 Å². The molecule has 0 bridgehead atoms. The molecule has 1 atom stereocenters. The average molecular weight is 312 g/mol. The number of allylic oxidation sites excluding steroid dienone is 2. The van der Waals surface area contributed by atoms with Crippen molar-refractivity contribution in [2.75, 3.05) is 0 Å². The van der Waals surface area contributed by atoms with Crippen molar-refractivity contribution in [2.45, 2.75) is 90.6 Å². The molecule has 0 saturated heterocycles. The van der Waals surface area contributed by atoms with Gasteiger partial charge in [0.05, 0.1) is 0 Å². The Morgan fingerprint density at radius 1 is 0.955 bits per heavy atom. The summed E-state index contributed by atoms with van der Waals surface area (Å²) in [5.74, 6) is -1.51. The van der Waals surface area contributed by atoms with Gasteiger partial charge in [0.25, 0.3) is 0 Å². The van der Waals surface area contributed by atoms with Crippen LogP contribution in [0.3, 0.4) is 0 Å². The molecule has 0 aliphatic rings. The Hall–Kier alpha value is -1.32. The van der Waals surface area contributed by atoms with Gasteiger partial charge in [-0.1, -0.05) is 51.2 Å². The van der Waals surface area contributed by atoms with E-state index in [4.69, 9.17) is 9.84 Å². The molecule has 128 valence electrons. The molecule has 1 unspecified atom stereocenters. The lowest BCUT2D eigenvalue weighted by atomic mass is 10.1. The Labute approximate surface area is 134 Å². The fraction of sp³-hybridized carbons (Fsp3) is 0.778. The molecule has 4 nitrogen and oxygen atoms in total. The number of rotatable bonds is 14. The van der Waals surface area contributed by atoms with E-state index >= 15 is 0 Å². The fourth-order valence-corrected chi connectivity index (χ4v) is 2.12. The van der Waals surface area contributed by atoms with E-state index in [9.17, 15) is 9.59 Å². The molecular weight excluding hydrogens is 280 g/mol. The van der Waals surface area contributed by atoms with Gasteiger partial charge < -0.3 is 9.84 Å². The van der Waals surface area contributed by atoms with Gasteiger partial charge in [-0.05, 0) is 39.0 Å². The molecule has 22 heavy (non-hydrogen) atoms. The number of carbonyl (C=O) groups excluding carboxylic acids is 1. The number of hydrogen-bond acceptors (Lipinski definition) is 3. The van der Waals surface area contributed by atoms with Gasteiger partial charge in [0.15, 0.2) is 6.10 Å². The minimum absolute atomic E-state index is 0.314. The van der Waals surface area contributed by atoms with Gasteiger partial charge in [-0.25, -0.2) is 4.79 Å². The first-order chi connectivity index (χ1) is 10.6. The molecule has 1 N–H and O–H groups in total. The summed E-state index contributed by atoms with van der Waals surface area (Å²) in [6.45, 7) is 3.59. The summed E-state index contributed by atoms with van der Waals surface area (Å²) in [7, 11) is 0. The van der Waals surface area contributed by atoms with Crippen LogP contribution < -0.4 is 0 Å². The van der Waals surface area contributed by atoms with E-state index in [0.29, 0.717) is 6.42 Å². The average Bonchev–Trinajstić information content (AvgIpc) is 2.48. The maximum absolute atomic E-state index is 11.3. The van der Waals surface area contributed by atoms with Crippen LogP contribution in [0.4, 0.5) is 0 Å². The van der Waals surface area contributed by atoms with E-state index in [1.165, 1.54) is 45.4 Å². The van der Waals surface area contributed by atoms with Gasteiger partial charge in [-0.3, -0.25) is 4.79 Å². The minimum atomic E-state index is -1.10. The number of ether oxygens (including phenoxy) is 1. The number of carboxylic acids is 1. The molecule has 0 amide bonds. The Morgan fingerprint density at radius 2 is 1.50 bits per heavy atom. The first-order valence-corrected chi connectivity index (χ1v) is 8.65. The number of carbonyl (C=O) groups is 2. The lowest BCUT2D eigenvalue weighted by molar-refractivity contribution is -0.162. The third kappa shape index (κ3) is 13.7. The number of hydrogen-bond donors (Lipinski definition) is 1. The Kier molecular flexibility index (Phi) is 13.7. The van der Waals surface area contributed by atoms with Crippen LogP contribution in [0.25, 0.3) is 0 Å². The molecule has 0 aromatic carbocycles. The molecule has 0 aromatic heterocycles. The van der Waals surface area contributed by atoms with Gasteiger partial charge in [-0.15, -0.1) is 0 Å². The summed E-state index contributed by atoms with van der Waals surface area (Å²) in [5.41, 5.74) is 0. The topological polar surface area (TPSA) is 63.6 Å². The number of aliphatic carboxylic acids is 1. The molecule has 0 aliphatic heterocycles. The quantitative estimate of drug-likeness (QED) is 0.282. The summed E-state index contributed by atoms with van der Waals surface area (Å²) in [6.07, 6.45) is 15.3. The highest BCUT2D eigenvalue weighted by Crippen LogP contribution is 2.09. The van der Waals surface area contributed by atoms with Crippen molar-refractivity contribution in [1.29, 1.82) is 0 Å².